The van der Waals surface area contributed by atoms with Crippen LogP contribution in [0.15, 0.2) is 12.1 Å². The Morgan fingerprint density at radius 1 is 1.33 bits per heavy atom. The predicted octanol–water partition coefficient (Wildman–Crippen LogP) is 3.63. The van der Waals surface area contributed by atoms with E-state index in [1.807, 2.05) is 6.92 Å². The minimum absolute atomic E-state index is 0.00727. The van der Waals surface area contributed by atoms with Crippen LogP contribution < -0.4 is 10.1 Å². The van der Waals surface area contributed by atoms with Crippen LogP contribution in [0, 0.1) is 22.0 Å². The molecule has 2 unspecified atom stereocenters. The average Bonchev–Trinajstić information content (AvgIpc) is 2.37. The van der Waals surface area contributed by atoms with Gasteiger partial charge < -0.3 is 10.1 Å². The van der Waals surface area contributed by atoms with Gasteiger partial charge in [-0.15, -0.1) is 0 Å². The third kappa shape index (κ3) is 4.31. The lowest BCUT2D eigenvalue weighted by Gasteiger charge is -2.31. The van der Waals surface area contributed by atoms with Crippen LogP contribution in [0.4, 0.5) is 11.5 Å². The Morgan fingerprint density at radius 3 is 2.57 bits per heavy atom. The summed E-state index contributed by atoms with van der Waals surface area (Å²) in [4.78, 5) is 14.9. The topological polar surface area (TPSA) is 77.3 Å². The third-order valence-corrected chi connectivity index (χ3v) is 3.78. The summed E-state index contributed by atoms with van der Waals surface area (Å²) in [6.07, 6.45) is 3.26. The van der Waals surface area contributed by atoms with Crippen LogP contribution in [0.25, 0.3) is 0 Å². The fourth-order valence-corrected chi connectivity index (χ4v) is 3.07. The Hall–Kier alpha value is -1.85. The van der Waals surface area contributed by atoms with Gasteiger partial charge in [0.25, 0.3) is 5.69 Å². The maximum atomic E-state index is 11.0. The molecule has 1 fully saturated rings. The second-order valence-electron chi connectivity index (χ2n) is 5.99. The average molecular weight is 293 g/mol. The van der Waals surface area contributed by atoms with Gasteiger partial charge in [-0.05, 0) is 38.0 Å². The van der Waals surface area contributed by atoms with E-state index in [4.69, 9.17) is 4.74 Å². The van der Waals surface area contributed by atoms with E-state index in [2.05, 4.69) is 24.1 Å². The Morgan fingerprint density at radius 2 is 2.00 bits per heavy atom. The first kappa shape index (κ1) is 15.5. The quantitative estimate of drug-likeness (QED) is 0.662. The number of hydrogen-bond donors (Lipinski definition) is 1. The molecular formula is C15H23N3O3. The second kappa shape index (κ2) is 6.74. The number of nitrogens with one attached hydrogen (secondary N) is 1. The summed E-state index contributed by atoms with van der Waals surface area (Å²) in [7, 11) is 0. The van der Waals surface area contributed by atoms with Crippen molar-refractivity contribution in [2.24, 2.45) is 11.8 Å². The highest BCUT2D eigenvalue weighted by atomic mass is 16.6. The molecule has 1 aromatic rings. The van der Waals surface area contributed by atoms with Gasteiger partial charge >= 0.3 is 0 Å². The first-order chi connectivity index (χ1) is 9.97. The standard InChI is InChI=1S/C15H23N3O3/c1-4-16-14-8-12(18(19)20)9-15(17-14)21-13-6-10(2)5-11(3)7-13/h8-11,13H,4-7H2,1-3H3,(H,16,17). The normalized spacial score (nSPS) is 25.4. The molecule has 116 valence electrons. The van der Waals surface area contributed by atoms with Crippen LogP contribution in [0.3, 0.4) is 0 Å². The summed E-state index contributed by atoms with van der Waals surface area (Å²) < 4.78 is 5.92. The summed E-state index contributed by atoms with van der Waals surface area (Å²) in [6.45, 7) is 7.02. The fourth-order valence-electron chi connectivity index (χ4n) is 3.07. The minimum Gasteiger partial charge on any atom is -0.474 e. The lowest BCUT2D eigenvalue weighted by molar-refractivity contribution is -0.384. The molecule has 6 nitrogen and oxygen atoms in total. The van der Waals surface area contributed by atoms with Crippen molar-refractivity contribution in [2.75, 3.05) is 11.9 Å². The van der Waals surface area contributed by atoms with E-state index in [0.29, 0.717) is 30.1 Å². The lowest BCUT2D eigenvalue weighted by atomic mass is 9.82. The van der Waals surface area contributed by atoms with Gasteiger partial charge in [0.05, 0.1) is 17.1 Å². The van der Waals surface area contributed by atoms with Crippen LogP contribution in [-0.4, -0.2) is 22.6 Å². The molecule has 0 bridgehead atoms. The zero-order valence-electron chi connectivity index (χ0n) is 12.8. The van der Waals surface area contributed by atoms with Crippen molar-refractivity contribution >= 4 is 11.5 Å². The third-order valence-electron chi connectivity index (χ3n) is 3.78. The van der Waals surface area contributed by atoms with E-state index in [0.717, 1.165) is 12.8 Å². The number of rotatable bonds is 5. The van der Waals surface area contributed by atoms with Crippen LogP contribution in [0.1, 0.15) is 40.0 Å². The first-order valence-corrected chi connectivity index (χ1v) is 7.55. The SMILES string of the molecule is CCNc1cc([N+](=O)[O-])cc(OC2CC(C)CC(C)C2)n1. The highest BCUT2D eigenvalue weighted by Crippen LogP contribution is 2.32. The van der Waals surface area contributed by atoms with Gasteiger partial charge in [0.1, 0.15) is 11.9 Å². The van der Waals surface area contributed by atoms with Crippen LogP contribution in [0.2, 0.25) is 0 Å². The molecule has 1 N–H and O–H groups in total. The lowest BCUT2D eigenvalue weighted by Crippen LogP contribution is -2.28. The van der Waals surface area contributed by atoms with Crippen molar-refractivity contribution in [1.82, 2.24) is 4.98 Å². The Kier molecular flexibility index (Phi) is 4.98. The zero-order chi connectivity index (χ0) is 15.4. The van der Waals surface area contributed by atoms with Gasteiger partial charge in [-0.25, -0.2) is 0 Å². The minimum atomic E-state index is -0.415. The molecule has 1 aromatic heterocycles. The summed E-state index contributed by atoms with van der Waals surface area (Å²) in [5.74, 6) is 2.06. The molecule has 0 amide bonds. The number of nitro groups is 1. The predicted molar refractivity (Wildman–Crippen MR) is 81.7 cm³/mol. The molecule has 0 aliphatic heterocycles. The van der Waals surface area contributed by atoms with E-state index in [1.165, 1.54) is 18.6 Å². The molecule has 1 heterocycles. The number of ether oxygens (including phenoxy) is 1. The van der Waals surface area contributed by atoms with Crippen LogP contribution in [0.5, 0.6) is 5.88 Å². The second-order valence-corrected chi connectivity index (χ2v) is 5.99. The van der Waals surface area contributed by atoms with Gasteiger partial charge in [-0.1, -0.05) is 13.8 Å². The van der Waals surface area contributed by atoms with E-state index < -0.39 is 4.92 Å². The fraction of sp³-hybridized carbons (Fsp3) is 0.667. The van der Waals surface area contributed by atoms with Crippen molar-refractivity contribution < 1.29 is 9.66 Å². The van der Waals surface area contributed by atoms with Crippen LogP contribution >= 0.6 is 0 Å². The van der Waals surface area contributed by atoms with Crippen molar-refractivity contribution in [2.45, 2.75) is 46.1 Å². The van der Waals surface area contributed by atoms with Gasteiger partial charge in [0.15, 0.2) is 0 Å². The van der Waals surface area contributed by atoms with Gasteiger partial charge in [-0.3, -0.25) is 10.1 Å². The smallest absolute Gasteiger partial charge is 0.278 e. The highest BCUT2D eigenvalue weighted by molar-refractivity contribution is 5.48. The van der Waals surface area contributed by atoms with Crippen molar-refractivity contribution in [3.63, 3.8) is 0 Å². The number of nitrogens with zero attached hydrogens (tertiary/aromatic N) is 2. The highest BCUT2D eigenvalue weighted by Gasteiger charge is 2.26. The maximum Gasteiger partial charge on any atom is 0.278 e. The van der Waals surface area contributed by atoms with Crippen molar-refractivity contribution in [1.29, 1.82) is 0 Å². The summed E-state index contributed by atoms with van der Waals surface area (Å²) in [5, 5.41) is 14.0. The number of pyridine rings is 1. The molecule has 0 aromatic carbocycles. The first-order valence-electron chi connectivity index (χ1n) is 7.55. The Bertz CT molecular complexity index is 497. The number of anilines is 1. The van der Waals surface area contributed by atoms with Gasteiger partial charge in [0.2, 0.25) is 5.88 Å². The zero-order valence-corrected chi connectivity index (χ0v) is 12.8. The number of hydrogen-bond acceptors (Lipinski definition) is 5. The van der Waals surface area contributed by atoms with E-state index in [1.54, 1.807) is 0 Å². The summed E-state index contributed by atoms with van der Waals surface area (Å²) in [6, 6.07) is 2.84. The molecule has 2 atom stereocenters. The Balaban J connectivity index is 2.16. The molecule has 0 spiro atoms. The molecule has 21 heavy (non-hydrogen) atoms. The number of aromatic nitrogens is 1. The van der Waals surface area contributed by atoms with Gasteiger partial charge in [-0.2, -0.15) is 4.98 Å². The van der Waals surface area contributed by atoms with Crippen molar-refractivity contribution in [3.8, 4) is 5.88 Å². The molecule has 6 heteroatoms. The summed E-state index contributed by atoms with van der Waals surface area (Å²) >= 11 is 0. The van der Waals surface area contributed by atoms with E-state index in [-0.39, 0.29) is 11.8 Å². The van der Waals surface area contributed by atoms with Crippen LogP contribution in [-0.2, 0) is 0 Å². The largest absolute Gasteiger partial charge is 0.474 e. The molecule has 1 saturated carbocycles. The molecule has 2 rings (SSSR count). The summed E-state index contributed by atoms with van der Waals surface area (Å²) in [5.41, 5.74) is 0.00727. The molecule has 0 saturated heterocycles. The van der Waals surface area contributed by atoms with Crippen molar-refractivity contribution in [3.05, 3.63) is 22.2 Å². The molecule has 1 aliphatic rings. The molecule has 1 aliphatic carbocycles. The Labute approximate surface area is 125 Å². The maximum absolute atomic E-state index is 11.0. The monoisotopic (exact) mass is 293 g/mol. The van der Waals surface area contributed by atoms with E-state index >= 15 is 0 Å². The molecule has 0 radical (unpaired) electrons. The van der Waals surface area contributed by atoms with E-state index in [9.17, 15) is 10.1 Å². The molecular weight excluding hydrogens is 270 g/mol. The van der Waals surface area contributed by atoms with Gasteiger partial charge in [0, 0.05) is 6.54 Å².